The average Bonchev–Trinajstić information content (AvgIpc) is 2.43. The Balaban J connectivity index is 2.76. The minimum atomic E-state index is -0.354. The minimum Gasteiger partial charge on any atom is -0.482 e. The van der Waals surface area contributed by atoms with E-state index in [4.69, 9.17) is 9.47 Å². The Hall–Kier alpha value is -1.07. The lowest BCUT2D eigenvalue weighted by Gasteiger charge is -2.18. The Kier molecular flexibility index (Phi) is 7.62. The van der Waals surface area contributed by atoms with Gasteiger partial charge in [0.2, 0.25) is 0 Å². The van der Waals surface area contributed by atoms with E-state index in [0.717, 1.165) is 23.0 Å². The summed E-state index contributed by atoms with van der Waals surface area (Å²) < 4.78 is 11.4. The number of carbonyl (C=O) groups is 1. The highest BCUT2D eigenvalue weighted by Crippen LogP contribution is 2.28. The summed E-state index contributed by atoms with van der Waals surface area (Å²) in [6.45, 7) is 7.21. The van der Waals surface area contributed by atoms with Crippen LogP contribution < -0.4 is 10.1 Å². The number of esters is 1. The number of nitrogens with one attached hydrogen (secondary N) is 1. The van der Waals surface area contributed by atoms with Crippen LogP contribution in [0.4, 0.5) is 0 Å². The summed E-state index contributed by atoms with van der Waals surface area (Å²) in [5.74, 6) is 0.344. The van der Waals surface area contributed by atoms with E-state index in [1.165, 1.54) is 0 Å². The minimum absolute atomic E-state index is 0.0716. The smallest absolute Gasteiger partial charge is 0.344 e. The molecule has 1 rings (SSSR count). The normalized spacial score (nSPS) is 12.0. The summed E-state index contributed by atoms with van der Waals surface area (Å²) in [4.78, 5) is 11.4. The second-order valence-electron chi connectivity index (χ2n) is 4.45. The van der Waals surface area contributed by atoms with Gasteiger partial charge in [-0.2, -0.15) is 0 Å². The summed E-state index contributed by atoms with van der Waals surface area (Å²) in [7, 11) is 0. The summed E-state index contributed by atoms with van der Waals surface area (Å²) >= 11 is 3.42. The van der Waals surface area contributed by atoms with Gasteiger partial charge in [-0.3, -0.25) is 0 Å². The van der Waals surface area contributed by atoms with Crippen LogP contribution >= 0.6 is 15.9 Å². The van der Waals surface area contributed by atoms with Crippen molar-refractivity contribution in [1.29, 1.82) is 0 Å². The second-order valence-corrected chi connectivity index (χ2v) is 5.37. The van der Waals surface area contributed by atoms with Gasteiger partial charge in [0.1, 0.15) is 5.75 Å². The Morgan fingerprint density at radius 1 is 1.40 bits per heavy atom. The first-order valence-corrected chi connectivity index (χ1v) is 7.69. The summed E-state index contributed by atoms with van der Waals surface area (Å²) in [5.41, 5.74) is 1.03. The van der Waals surface area contributed by atoms with Crippen LogP contribution in [0, 0.1) is 0 Å². The zero-order valence-corrected chi connectivity index (χ0v) is 13.8. The quantitative estimate of drug-likeness (QED) is 0.734. The molecular formula is C15H22BrNO3. The molecule has 1 N–H and O–H groups in total. The largest absolute Gasteiger partial charge is 0.482 e. The number of rotatable bonds is 8. The molecule has 0 amide bonds. The molecule has 0 aromatic heterocycles. The maximum Gasteiger partial charge on any atom is 0.344 e. The molecule has 0 aliphatic rings. The van der Waals surface area contributed by atoms with Crippen molar-refractivity contribution in [3.8, 4) is 5.75 Å². The van der Waals surface area contributed by atoms with E-state index >= 15 is 0 Å². The third-order valence-electron chi connectivity index (χ3n) is 2.79. The molecule has 112 valence electrons. The molecule has 0 saturated carbocycles. The van der Waals surface area contributed by atoms with Gasteiger partial charge in [0.25, 0.3) is 0 Å². The number of carbonyl (C=O) groups excluding carboxylic acids is 1. The van der Waals surface area contributed by atoms with Crippen LogP contribution in [0.25, 0.3) is 0 Å². The fraction of sp³-hybridized carbons (Fsp3) is 0.533. The lowest BCUT2D eigenvalue weighted by molar-refractivity contribution is -0.145. The molecular weight excluding hydrogens is 322 g/mol. The first-order valence-electron chi connectivity index (χ1n) is 6.89. The van der Waals surface area contributed by atoms with Crippen molar-refractivity contribution in [1.82, 2.24) is 5.32 Å². The predicted octanol–water partition coefficient (Wildman–Crippen LogP) is 3.45. The standard InChI is InChI=1S/C15H22BrNO3/c1-4-8-17-11(3)13-7-6-12(16)9-14(13)20-10-15(18)19-5-2/h6-7,9,11,17H,4-5,8,10H2,1-3H3. The van der Waals surface area contributed by atoms with Crippen LogP contribution in [0.15, 0.2) is 22.7 Å². The van der Waals surface area contributed by atoms with Crippen LogP contribution in [0.2, 0.25) is 0 Å². The van der Waals surface area contributed by atoms with Gasteiger partial charge in [-0.1, -0.05) is 28.9 Å². The molecule has 0 heterocycles. The Labute approximate surface area is 129 Å². The monoisotopic (exact) mass is 343 g/mol. The van der Waals surface area contributed by atoms with Crippen LogP contribution in [0.5, 0.6) is 5.75 Å². The van der Waals surface area contributed by atoms with E-state index in [1.807, 2.05) is 18.2 Å². The third-order valence-corrected chi connectivity index (χ3v) is 3.29. The van der Waals surface area contributed by atoms with Gasteiger partial charge in [-0.15, -0.1) is 0 Å². The van der Waals surface area contributed by atoms with Crippen molar-refractivity contribution in [2.45, 2.75) is 33.2 Å². The van der Waals surface area contributed by atoms with Gasteiger partial charge in [0.15, 0.2) is 6.61 Å². The summed E-state index contributed by atoms with van der Waals surface area (Å²) in [6, 6.07) is 6.01. The summed E-state index contributed by atoms with van der Waals surface area (Å²) in [6.07, 6.45) is 1.07. The lowest BCUT2D eigenvalue weighted by Crippen LogP contribution is -2.21. The molecule has 4 nitrogen and oxygen atoms in total. The average molecular weight is 344 g/mol. The lowest BCUT2D eigenvalue weighted by atomic mass is 10.1. The van der Waals surface area contributed by atoms with Crippen molar-refractivity contribution in [3.05, 3.63) is 28.2 Å². The van der Waals surface area contributed by atoms with E-state index in [-0.39, 0.29) is 18.6 Å². The molecule has 0 aliphatic heterocycles. The van der Waals surface area contributed by atoms with Gasteiger partial charge >= 0.3 is 5.97 Å². The SMILES string of the molecule is CCCNC(C)c1ccc(Br)cc1OCC(=O)OCC. The maximum absolute atomic E-state index is 11.4. The van der Waals surface area contributed by atoms with E-state index in [9.17, 15) is 4.79 Å². The van der Waals surface area contributed by atoms with Gasteiger partial charge in [-0.25, -0.2) is 4.79 Å². The first kappa shape index (κ1) is 17.0. The van der Waals surface area contributed by atoms with E-state index in [0.29, 0.717) is 12.4 Å². The van der Waals surface area contributed by atoms with Crippen molar-refractivity contribution in [2.24, 2.45) is 0 Å². The molecule has 1 atom stereocenters. The van der Waals surface area contributed by atoms with E-state index in [1.54, 1.807) is 6.92 Å². The van der Waals surface area contributed by atoms with Crippen molar-refractivity contribution >= 4 is 21.9 Å². The van der Waals surface area contributed by atoms with Crippen molar-refractivity contribution in [3.63, 3.8) is 0 Å². The van der Waals surface area contributed by atoms with Crippen LogP contribution in [0.1, 0.15) is 38.8 Å². The van der Waals surface area contributed by atoms with Crippen LogP contribution in [-0.4, -0.2) is 25.7 Å². The third kappa shape index (κ3) is 5.51. The Bertz CT molecular complexity index is 437. The topological polar surface area (TPSA) is 47.6 Å². The Morgan fingerprint density at radius 2 is 2.15 bits per heavy atom. The number of halogens is 1. The number of benzene rings is 1. The van der Waals surface area contributed by atoms with Crippen molar-refractivity contribution < 1.29 is 14.3 Å². The molecule has 0 aliphatic carbocycles. The van der Waals surface area contributed by atoms with Gasteiger partial charge in [-0.05, 0) is 38.9 Å². The number of ether oxygens (including phenoxy) is 2. The first-order chi connectivity index (χ1) is 9.58. The number of hydrogen-bond donors (Lipinski definition) is 1. The molecule has 1 aromatic carbocycles. The highest BCUT2D eigenvalue weighted by molar-refractivity contribution is 9.10. The highest BCUT2D eigenvalue weighted by atomic mass is 79.9. The zero-order chi connectivity index (χ0) is 15.0. The van der Waals surface area contributed by atoms with Gasteiger partial charge in [0.05, 0.1) is 6.61 Å². The molecule has 0 radical (unpaired) electrons. The van der Waals surface area contributed by atoms with E-state index in [2.05, 4.69) is 35.1 Å². The van der Waals surface area contributed by atoms with Crippen molar-refractivity contribution in [2.75, 3.05) is 19.8 Å². The summed E-state index contributed by atoms with van der Waals surface area (Å²) in [5, 5.41) is 3.41. The van der Waals surface area contributed by atoms with Gasteiger partial charge < -0.3 is 14.8 Å². The molecule has 1 aromatic rings. The zero-order valence-electron chi connectivity index (χ0n) is 12.2. The molecule has 1 unspecified atom stereocenters. The van der Waals surface area contributed by atoms with Gasteiger partial charge in [0, 0.05) is 16.1 Å². The van der Waals surface area contributed by atoms with Crippen LogP contribution in [0.3, 0.4) is 0 Å². The highest BCUT2D eigenvalue weighted by Gasteiger charge is 2.13. The van der Waals surface area contributed by atoms with Crippen LogP contribution in [-0.2, 0) is 9.53 Å². The molecule has 20 heavy (non-hydrogen) atoms. The fourth-order valence-corrected chi connectivity index (χ4v) is 2.14. The second kappa shape index (κ2) is 8.97. The molecule has 0 bridgehead atoms. The molecule has 0 saturated heterocycles. The predicted molar refractivity (Wildman–Crippen MR) is 83.0 cm³/mol. The number of hydrogen-bond acceptors (Lipinski definition) is 4. The maximum atomic E-state index is 11.4. The molecule has 0 fully saturated rings. The molecule has 0 spiro atoms. The van der Waals surface area contributed by atoms with E-state index < -0.39 is 0 Å². The Morgan fingerprint density at radius 3 is 2.80 bits per heavy atom. The fourth-order valence-electron chi connectivity index (χ4n) is 1.80. The molecule has 5 heteroatoms.